The Bertz CT molecular complexity index is 451. The van der Waals surface area contributed by atoms with Gasteiger partial charge < -0.3 is 10.0 Å². The van der Waals surface area contributed by atoms with Crippen LogP contribution in [0.25, 0.3) is 0 Å². The van der Waals surface area contributed by atoms with E-state index in [1.165, 1.54) is 0 Å². The van der Waals surface area contributed by atoms with E-state index in [2.05, 4.69) is 6.07 Å². The van der Waals surface area contributed by atoms with Gasteiger partial charge in [0.2, 0.25) is 0 Å². The summed E-state index contributed by atoms with van der Waals surface area (Å²) in [6.45, 7) is 0.742. The maximum Gasteiger partial charge on any atom is 0.326 e. The lowest BCUT2D eigenvalue weighted by Gasteiger charge is -2.23. The standard InChI is InChI=1S/C12H12N2O2/c13-8-9-3-1-4-10(7-9)14-6-2-5-11(14)12(15)16/h1,3-4,7,11H,2,5-6H2,(H,15,16)/t11-/m0/s1. The molecule has 1 N–H and O–H groups in total. The summed E-state index contributed by atoms with van der Waals surface area (Å²) in [5.41, 5.74) is 1.39. The molecule has 0 aliphatic carbocycles. The van der Waals surface area contributed by atoms with E-state index in [-0.39, 0.29) is 0 Å². The van der Waals surface area contributed by atoms with Crippen LogP contribution in [-0.2, 0) is 4.79 Å². The first-order valence-electron chi connectivity index (χ1n) is 5.22. The highest BCUT2D eigenvalue weighted by Crippen LogP contribution is 2.26. The molecular weight excluding hydrogens is 204 g/mol. The SMILES string of the molecule is N#Cc1cccc(N2CCC[C@H]2C(=O)O)c1. The summed E-state index contributed by atoms with van der Waals surface area (Å²) in [6.07, 6.45) is 1.56. The minimum Gasteiger partial charge on any atom is -0.480 e. The molecule has 0 saturated carbocycles. The number of anilines is 1. The van der Waals surface area contributed by atoms with Gasteiger partial charge in [-0.25, -0.2) is 4.79 Å². The fraction of sp³-hybridized carbons (Fsp3) is 0.333. The van der Waals surface area contributed by atoms with Crippen LogP contribution in [0.15, 0.2) is 24.3 Å². The van der Waals surface area contributed by atoms with Gasteiger partial charge in [0.05, 0.1) is 11.6 Å². The second kappa shape index (κ2) is 4.23. The van der Waals surface area contributed by atoms with Gasteiger partial charge in [-0.15, -0.1) is 0 Å². The first kappa shape index (κ1) is 10.5. The van der Waals surface area contributed by atoms with E-state index in [9.17, 15) is 4.79 Å². The van der Waals surface area contributed by atoms with Gasteiger partial charge in [0.1, 0.15) is 6.04 Å². The Labute approximate surface area is 93.7 Å². The fourth-order valence-electron chi connectivity index (χ4n) is 2.09. The minimum atomic E-state index is -0.792. The van der Waals surface area contributed by atoms with Crippen LogP contribution < -0.4 is 4.90 Å². The van der Waals surface area contributed by atoms with Gasteiger partial charge in [0, 0.05) is 12.2 Å². The minimum absolute atomic E-state index is 0.450. The summed E-state index contributed by atoms with van der Waals surface area (Å²) >= 11 is 0. The Morgan fingerprint density at radius 3 is 3.06 bits per heavy atom. The summed E-state index contributed by atoms with van der Waals surface area (Å²) in [6, 6.07) is 8.70. The monoisotopic (exact) mass is 216 g/mol. The zero-order valence-electron chi connectivity index (χ0n) is 8.76. The molecule has 1 aliphatic heterocycles. The van der Waals surface area contributed by atoms with Crippen LogP contribution >= 0.6 is 0 Å². The highest BCUT2D eigenvalue weighted by atomic mass is 16.4. The maximum absolute atomic E-state index is 11.0. The molecule has 1 fully saturated rings. The number of carbonyl (C=O) groups is 1. The summed E-state index contributed by atoms with van der Waals surface area (Å²) in [4.78, 5) is 12.9. The number of carboxylic acid groups (broad SMARTS) is 1. The number of benzene rings is 1. The van der Waals surface area contributed by atoms with Crippen LogP contribution in [0.4, 0.5) is 5.69 Å². The zero-order valence-corrected chi connectivity index (χ0v) is 8.76. The van der Waals surface area contributed by atoms with E-state index in [0.29, 0.717) is 12.0 Å². The summed E-state index contributed by atoms with van der Waals surface area (Å²) in [5.74, 6) is -0.792. The van der Waals surface area contributed by atoms with Crippen molar-refractivity contribution in [3.8, 4) is 6.07 Å². The molecule has 0 unspecified atom stereocenters. The van der Waals surface area contributed by atoms with Crippen LogP contribution in [0, 0.1) is 11.3 Å². The molecule has 1 aliphatic rings. The van der Waals surface area contributed by atoms with Gasteiger partial charge in [0.15, 0.2) is 0 Å². The number of nitriles is 1. The predicted octanol–water partition coefficient (Wildman–Crippen LogP) is 1.61. The largest absolute Gasteiger partial charge is 0.480 e. The normalized spacial score (nSPS) is 19.4. The average Bonchev–Trinajstić information content (AvgIpc) is 2.78. The Kier molecular flexibility index (Phi) is 2.78. The molecule has 1 heterocycles. The molecule has 0 radical (unpaired) electrons. The molecule has 82 valence electrons. The van der Waals surface area contributed by atoms with Crippen molar-refractivity contribution in [2.24, 2.45) is 0 Å². The Morgan fingerprint density at radius 1 is 1.56 bits per heavy atom. The molecule has 4 heteroatoms. The van der Waals surface area contributed by atoms with Gasteiger partial charge in [-0.3, -0.25) is 0 Å². The number of rotatable bonds is 2. The Hall–Kier alpha value is -2.02. The van der Waals surface area contributed by atoms with Crippen LogP contribution in [0.2, 0.25) is 0 Å². The number of hydrogen-bond acceptors (Lipinski definition) is 3. The van der Waals surface area contributed by atoms with Crippen LogP contribution in [0.1, 0.15) is 18.4 Å². The molecular formula is C12H12N2O2. The summed E-state index contributed by atoms with van der Waals surface area (Å²) < 4.78 is 0. The lowest BCUT2D eigenvalue weighted by molar-refractivity contribution is -0.138. The second-order valence-corrected chi connectivity index (χ2v) is 3.85. The van der Waals surface area contributed by atoms with Crippen molar-refractivity contribution in [1.29, 1.82) is 5.26 Å². The van der Waals surface area contributed by atoms with Gasteiger partial charge in [-0.05, 0) is 31.0 Å². The molecule has 0 spiro atoms. The number of aliphatic carboxylic acids is 1. The van der Waals surface area contributed by atoms with Crippen molar-refractivity contribution in [2.45, 2.75) is 18.9 Å². The van der Waals surface area contributed by atoms with Crippen molar-refractivity contribution in [3.05, 3.63) is 29.8 Å². The number of nitrogens with zero attached hydrogens (tertiary/aromatic N) is 2. The molecule has 1 aromatic carbocycles. The highest BCUT2D eigenvalue weighted by molar-refractivity contribution is 5.79. The van der Waals surface area contributed by atoms with Crippen LogP contribution in [0.5, 0.6) is 0 Å². The molecule has 1 aromatic rings. The summed E-state index contributed by atoms with van der Waals surface area (Å²) in [7, 11) is 0. The Balaban J connectivity index is 2.29. The third-order valence-electron chi connectivity index (χ3n) is 2.84. The van der Waals surface area contributed by atoms with Crippen molar-refractivity contribution in [1.82, 2.24) is 0 Å². The van der Waals surface area contributed by atoms with Crippen molar-refractivity contribution >= 4 is 11.7 Å². The van der Waals surface area contributed by atoms with E-state index in [1.807, 2.05) is 11.0 Å². The maximum atomic E-state index is 11.0. The Morgan fingerprint density at radius 2 is 2.38 bits per heavy atom. The lowest BCUT2D eigenvalue weighted by atomic mass is 10.1. The molecule has 0 amide bonds. The molecule has 0 aromatic heterocycles. The summed E-state index contributed by atoms with van der Waals surface area (Å²) in [5, 5.41) is 17.9. The lowest BCUT2D eigenvalue weighted by Crippen LogP contribution is -2.35. The van der Waals surface area contributed by atoms with Gasteiger partial charge in [0.25, 0.3) is 0 Å². The van der Waals surface area contributed by atoms with Crippen molar-refractivity contribution in [2.75, 3.05) is 11.4 Å². The smallest absolute Gasteiger partial charge is 0.326 e. The van der Waals surface area contributed by atoms with E-state index in [4.69, 9.17) is 10.4 Å². The van der Waals surface area contributed by atoms with Crippen LogP contribution in [-0.4, -0.2) is 23.7 Å². The third-order valence-corrected chi connectivity index (χ3v) is 2.84. The van der Waals surface area contributed by atoms with Gasteiger partial charge in [-0.2, -0.15) is 5.26 Å². The fourth-order valence-corrected chi connectivity index (χ4v) is 2.09. The van der Waals surface area contributed by atoms with Crippen molar-refractivity contribution < 1.29 is 9.90 Å². The highest BCUT2D eigenvalue weighted by Gasteiger charge is 2.30. The second-order valence-electron chi connectivity index (χ2n) is 3.85. The van der Waals surface area contributed by atoms with Crippen LogP contribution in [0.3, 0.4) is 0 Å². The van der Waals surface area contributed by atoms with E-state index in [1.54, 1.807) is 18.2 Å². The van der Waals surface area contributed by atoms with Crippen molar-refractivity contribution in [3.63, 3.8) is 0 Å². The van der Waals surface area contributed by atoms with Gasteiger partial charge in [-0.1, -0.05) is 6.07 Å². The molecule has 0 bridgehead atoms. The molecule has 2 rings (SSSR count). The third kappa shape index (κ3) is 1.84. The number of carboxylic acids is 1. The average molecular weight is 216 g/mol. The van der Waals surface area contributed by atoms with E-state index in [0.717, 1.165) is 18.7 Å². The molecule has 1 atom stereocenters. The first-order valence-corrected chi connectivity index (χ1v) is 5.22. The molecule has 4 nitrogen and oxygen atoms in total. The zero-order chi connectivity index (χ0) is 11.5. The number of hydrogen-bond donors (Lipinski definition) is 1. The first-order chi connectivity index (χ1) is 7.72. The quantitative estimate of drug-likeness (QED) is 0.815. The van der Waals surface area contributed by atoms with Gasteiger partial charge >= 0.3 is 5.97 Å². The van der Waals surface area contributed by atoms with E-state index < -0.39 is 12.0 Å². The van der Waals surface area contributed by atoms with E-state index >= 15 is 0 Å². The predicted molar refractivity (Wildman–Crippen MR) is 59.2 cm³/mol. The topological polar surface area (TPSA) is 64.3 Å². The molecule has 16 heavy (non-hydrogen) atoms. The molecule has 1 saturated heterocycles.